The third kappa shape index (κ3) is 6.40. The average molecular weight is 383 g/mol. The number of unbranched alkanes of at least 4 members (excludes halogenated alkanes) is 6. The van der Waals surface area contributed by atoms with Crippen LogP contribution < -0.4 is 0 Å². The maximum atomic E-state index is 13.3. The van der Waals surface area contributed by atoms with Crippen LogP contribution in [0.4, 0.5) is 0 Å². The Morgan fingerprint density at radius 1 is 0.679 bits per heavy atom. The summed E-state index contributed by atoms with van der Waals surface area (Å²) in [7, 11) is 0. The minimum absolute atomic E-state index is 0.0176. The Bertz CT molecular complexity index is 701. The summed E-state index contributed by atoms with van der Waals surface area (Å²) < 4.78 is 0. The number of carbonyl (C=O) groups excluding carboxylic acids is 1. The number of phenolic OH excluding ortho intramolecular Hbond substituents is 2. The van der Waals surface area contributed by atoms with Crippen molar-refractivity contribution < 1.29 is 15.0 Å². The van der Waals surface area contributed by atoms with Gasteiger partial charge in [0.15, 0.2) is 5.78 Å². The monoisotopic (exact) mass is 382 g/mol. The number of aryl methyl sites for hydroxylation is 2. The standard InChI is InChI=1S/C25H34O3/c1-3-5-7-9-11-19-17-21(26)13-15-23(19)25(28)24-16-14-22(27)18-20(24)12-10-8-6-4-2/h13-18,26-27H,3-12H2,1-2H3. The van der Waals surface area contributed by atoms with Crippen LogP contribution in [0.15, 0.2) is 36.4 Å². The number of benzene rings is 2. The van der Waals surface area contributed by atoms with E-state index in [1.54, 1.807) is 36.4 Å². The summed E-state index contributed by atoms with van der Waals surface area (Å²) in [5, 5.41) is 19.8. The van der Waals surface area contributed by atoms with E-state index in [0.29, 0.717) is 11.1 Å². The van der Waals surface area contributed by atoms with Gasteiger partial charge in [0.25, 0.3) is 0 Å². The molecule has 0 heterocycles. The Labute approximate surface area is 169 Å². The van der Waals surface area contributed by atoms with Crippen LogP contribution in [0.25, 0.3) is 0 Å². The van der Waals surface area contributed by atoms with Gasteiger partial charge >= 0.3 is 0 Å². The predicted molar refractivity (Wildman–Crippen MR) is 115 cm³/mol. The van der Waals surface area contributed by atoms with Crippen LogP contribution in [0.3, 0.4) is 0 Å². The normalized spacial score (nSPS) is 10.9. The zero-order chi connectivity index (χ0) is 20.4. The number of hydrogen-bond donors (Lipinski definition) is 2. The average Bonchev–Trinajstić information content (AvgIpc) is 2.68. The van der Waals surface area contributed by atoms with Gasteiger partial charge in [0.05, 0.1) is 0 Å². The molecule has 0 saturated heterocycles. The van der Waals surface area contributed by atoms with Crippen LogP contribution in [0.2, 0.25) is 0 Å². The maximum absolute atomic E-state index is 13.3. The van der Waals surface area contributed by atoms with Gasteiger partial charge in [0, 0.05) is 11.1 Å². The second-order valence-electron chi connectivity index (χ2n) is 7.63. The lowest BCUT2D eigenvalue weighted by Gasteiger charge is -2.13. The summed E-state index contributed by atoms with van der Waals surface area (Å²) in [4.78, 5) is 13.3. The molecular weight excluding hydrogens is 348 g/mol. The van der Waals surface area contributed by atoms with Crippen LogP contribution in [0.5, 0.6) is 11.5 Å². The van der Waals surface area contributed by atoms with Gasteiger partial charge in [-0.1, -0.05) is 52.4 Å². The molecule has 0 saturated carbocycles. The molecule has 0 radical (unpaired) electrons. The Morgan fingerprint density at radius 2 is 1.11 bits per heavy atom. The van der Waals surface area contributed by atoms with E-state index >= 15 is 0 Å². The highest BCUT2D eigenvalue weighted by atomic mass is 16.3. The van der Waals surface area contributed by atoms with Gasteiger partial charge < -0.3 is 10.2 Å². The van der Waals surface area contributed by atoms with E-state index in [4.69, 9.17) is 0 Å². The lowest BCUT2D eigenvalue weighted by molar-refractivity contribution is 0.103. The molecule has 152 valence electrons. The third-order valence-electron chi connectivity index (χ3n) is 5.27. The van der Waals surface area contributed by atoms with Crippen molar-refractivity contribution in [3.05, 3.63) is 58.7 Å². The second kappa shape index (κ2) is 11.5. The molecule has 0 aliphatic rings. The summed E-state index contributed by atoms with van der Waals surface area (Å²) in [6.45, 7) is 4.35. The van der Waals surface area contributed by atoms with Crippen LogP contribution in [-0.4, -0.2) is 16.0 Å². The second-order valence-corrected chi connectivity index (χ2v) is 7.63. The fourth-order valence-electron chi connectivity index (χ4n) is 3.65. The molecule has 2 rings (SSSR count). The van der Waals surface area contributed by atoms with Crippen LogP contribution >= 0.6 is 0 Å². The largest absolute Gasteiger partial charge is 0.508 e. The summed E-state index contributed by atoms with van der Waals surface area (Å²) in [6, 6.07) is 10.1. The quantitative estimate of drug-likeness (QED) is 0.322. The molecular formula is C25H34O3. The highest BCUT2D eigenvalue weighted by Crippen LogP contribution is 2.26. The van der Waals surface area contributed by atoms with Crippen molar-refractivity contribution >= 4 is 5.78 Å². The molecule has 2 aromatic carbocycles. The van der Waals surface area contributed by atoms with Gasteiger partial charge in [-0.15, -0.1) is 0 Å². The minimum atomic E-state index is -0.0176. The van der Waals surface area contributed by atoms with Crippen molar-refractivity contribution in [1.82, 2.24) is 0 Å². The summed E-state index contributed by atoms with van der Waals surface area (Å²) in [6.07, 6.45) is 10.6. The molecule has 0 unspecified atom stereocenters. The first-order chi connectivity index (χ1) is 13.6. The van der Waals surface area contributed by atoms with Crippen LogP contribution in [-0.2, 0) is 12.8 Å². The van der Waals surface area contributed by atoms with Crippen molar-refractivity contribution in [3.8, 4) is 11.5 Å². The van der Waals surface area contributed by atoms with Gasteiger partial charge in [-0.2, -0.15) is 0 Å². The highest BCUT2D eigenvalue weighted by molar-refractivity contribution is 6.11. The summed E-state index contributed by atoms with van der Waals surface area (Å²) in [5.41, 5.74) is 3.14. The van der Waals surface area contributed by atoms with E-state index in [9.17, 15) is 15.0 Å². The van der Waals surface area contributed by atoms with E-state index in [2.05, 4.69) is 13.8 Å². The Kier molecular flexibility index (Phi) is 9.06. The van der Waals surface area contributed by atoms with Gasteiger partial charge in [0.2, 0.25) is 0 Å². The lowest BCUT2D eigenvalue weighted by Crippen LogP contribution is -2.09. The van der Waals surface area contributed by atoms with Crippen molar-refractivity contribution in [2.45, 2.75) is 78.1 Å². The Hall–Kier alpha value is -2.29. The van der Waals surface area contributed by atoms with E-state index in [1.807, 2.05) is 0 Å². The third-order valence-corrected chi connectivity index (χ3v) is 5.27. The van der Waals surface area contributed by atoms with E-state index < -0.39 is 0 Å². The Balaban J connectivity index is 2.25. The molecule has 0 aromatic heterocycles. The van der Waals surface area contributed by atoms with Crippen molar-refractivity contribution in [1.29, 1.82) is 0 Å². The Morgan fingerprint density at radius 3 is 1.50 bits per heavy atom. The lowest BCUT2D eigenvalue weighted by atomic mass is 9.91. The summed E-state index contributed by atoms with van der Waals surface area (Å²) in [5.74, 6) is 0.385. The van der Waals surface area contributed by atoms with Crippen LogP contribution in [0.1, 0.15) is 92.3 Å². The van der Waals surface area contributed by atoms with Crippen molar-refractivity contribution in [2.75, 3.05) is 0 Å². The maximum Gasteiger partial charge on any atom is 0.193 e. The van der Waals surface area contributed by atoms with E-state index in [-0.39, 0.29) is 17.3 Å². The van der Waals surface area contributed by atoms with Crippen LogP contribution in [0, 0.1) is 0 Å². The number of rotatable bonds is 12. The van der Waals surface area contributed by atoms with Crippen molar-refractivity contribution in [2.24, 2.45) is 0 Å². The number of phenols is 2. The molecule has 0 fully saturated rings. The zero-order valence-corrected chi connectivity index (χ0v) is 17.3. The molecule has 0 aliphatic heterocycles. The minimum Gasteiger partial charge on any atom is -0.508 e. The molecule has 3 nitrogen and oxygen atoms in total. The molecule has 2 N–H and O–H groups in total. The number of carbonyl (C=O) groups is 1. The van der Waals surface area contributed by atoms with Gasteiger partial charge in [-0.3, -0.25) is 4.79 Å². The fourth-order valence-corrected chi connectivity index (χ4v) is 3.65. The van der Waals surface area contributed by atoms with E-state index in [1.165, 1.54) is 25.7 Å². The smallest absolute Gasteiger partial charge is 0.193 e. The first-order valence-corrected chi connectivity index (χ1v) is 10.7. The summed E-state index contributed by atoms with van der Waals surface area (Å²) >= 11 is 0. The zero-order valence-electron chi connectivity index (χ0n) is 17.3. The number of hydrogen-bond acceptors (Lipinski definition) is 3. The molecule has 2 aromatic rings. The molecule has 0 amide bonds. The molecule has 0 spiro atoms. The molecule has 0 atom stereocenters. The van der Waals surface area contributed by atoms with Gasteiger partial charge in [-0.25, -0.2) is 0 Å². The molecule has 0 aliphatic carbocycles. The number of aromatic hydroxyl groups is 2. The molecule has 28 heavy (non-hydrogen) atoms. The molecule has 0 bridgehead atoms. The topological polar surface area (TPSA) is 57.5 Å². The van der Waals surface area contributed by atoms with E-state index in [0.717, 1.165) is 49.7 Å². The highest BCUT2D eigenvalue weighted by Gasteiger charge is 2.18. The predicted octanol–water partition coefficient (Wildman–Crippen LogP) is 6.57. The SMILES string of the molecule is CCCCCCc1cc(O)ccc1C(=O)c1ccc(O)cc1CCCCCC. The first kappa shape index (κ1) is 22.0. The van der Waals surface area contributed by atoms with Gasteiger partial charge in [-0.05, 0) is 73.2 Å². The van der Waals surface area contributed by atoms with Gasteiger partial charge in [0.1, 0.15) is 11.5 Å². The number of ketones is 1. The molecule has 3 heteroatoms. The van der Waals surface area contributed by atoms with Crippen molar-refractivity contribution in [3.63, 3.8) is 0 Å². The first-order valence-electron chi connectivity index (χ1n) is 10.7. The fraction of sp³-hybridized carbons (Fsp3) is 0.480.